The maximum Gasteiger partial charge on any atom is 0.307 e. The largest absolute Gasteiger partial charge is 0.481 e. The van der Waals surface area contributed by atoms with Crippen molar-refractivity contribution in [3.63, 3.8) is 0 Å². The van der Waals surface area contributed by atoms with Gasteiger partial charge in [-0.25, -0.2) is 4.39 Å². The fourth-order valence-electron chi connectivity index (χ4n) is 2.38. The molecule has 1 aliphatic carbocycles. The van der Waals surface area contributed by atoms with Crippen LogP contribution in [0, 0.1) is 23.6 Å². The molecule has 0 aromatic heterocycles. The standard InChI is InChI=1S/C16H20FNO3/c1-9(2)14(7-10-3-5-11(17)6-4-10)18-15(19)12-8-13(12)16(20)21/h3-6,9,12-14H,7-8H2,1-2H3,(H,18,19)(H,20,21). The number of carbonyl (C=O) groups excluding carboxylic acids is 1. The summed E-state index contributed by atoms with van der Waals surface area (Å²) in [6.45, 7) is 3.99. The van der Waals surface area contributed by atoms with Crippen molar-refractivity contribution in [2.24, 2.45) is 17.8 Å². The lowest BCUT2D eigenvalue weighted by Crippen LogP contribution is -2.41. The van der Waals surface area contributed by atoms with Gasteiger partial charge in [-0.2, -0.15) is 0 Å². The third-order valence-corrected chi connectivity index (χ3v) is 3.95. The van der Waals surface area contributed by atoms with Gasteiger partial charge in [0.2, 0.25) is 5.91 Å². The van der Waals surface area contributed by atoms with E-state index < -0.39 is 17.8 Å². The number of carboxylic acids is 1. The summed E-state index contributed by atoms with van der Waals surface area (Å²) >= 11 is 0. The molecule has 0 spiro atoms. The van der Waals surface area contributed by atoms with Crippen molar-refractivity contribution in [1.82, 2.24) is 5.32 Å². The van der Waals surface area contributed by atoms with E-state index in [-0.39, 0.29) is 23.7 Å². The summed E-state index contributed by atoms with van der Waals surface area (Å²) in [7, 11) is 0. The number of amides is 1. The van der Waals surface area contributed by atoms with Gasteiger partial charge >= 0.3 is 5.97 Å². The smallest absolute Gasteiger partial charge is 0.307 e. The molecule has 0 heterocycles. The number of aliphatic carboxylic acids is 1. The molecule has 5 heteroatoms. The van der Waals surface area contributed by atoms with E-state index in [1.54, 1.807) is 12.1 Å². The Morgan fingerprint density at radius 2 is 1.90 bits per heavy atom. The Morgan fingerprint density at radius 1 is 1.29 bits per heavy atom. The number of hydrogen-bond donors (Lipinski definition) is 2. The first kappa shape index (κ1) is 15.5. The van der Waals surface area contributed by atoms with Gasteiger partial charge in [-0.05, 0) is 36.5 Å². The quantitative estimate of drug-likeness (QED) is 0.845. The van der Waals surface area contributed by atoms with Crippen LogP contribution in [0.5, 0.6) is 0 Å². The minimum absolute atomic E-state index is 0.0852. The fraction of sp³-hybridized carbons (Fsp3) is 0.500. The Kier molecular flexibility index (Phi) is 4.60. The van der Waals surface area contributed by atoms with Crippen LogP contribution < -0.4 is 5.32 Å². The Labute approximate surface area is 123 Å². The molecule has 1 aromatic carbocycles. The summed E-state index contributed by atoms with van der Waals surface area (Å²) in [5, 5.41) is 11.8. The number of hydrogen-bond acceptors (Lipinski definition) is 2. The molecule has 0 saturated heterocycles. The molecule has 0 bridgehead atoms. The molecule has 1 saturated carbocycles. The third kappa shape index (κ3) is 4.03. The minimum atomic E-state index is -0.908. The molecule has 21 heavy (non-hydrogen) atoms. The summed E-state index contributed by atoms with van der Waals surface area (Å²) in [5.41, 5.74) is 0.945. The van der Waals surface area contributed by atoms with Crippen LogP contribution >= 0.6 is 0 Å². The molecule has 3 atom stereocenters. The summed E-state index contributed by atoms with van der Waals surface area (Å²) in [5.74, 6) is -2.12. The third-order valence-electron chi connectivity index (χ3n) is 3.95. The molecule has 1 fully saturated rings. The zero-order valence-corrected chi connectivity index (χ0v) is 12.2. The van der Waals surface area contributed by atoms with Gasteiger partial charge in [0.05, 0.1) is 11.8 Å². The zero-order chi connectivity index (χ0) is 15.6. The molecule has 1 amide bonds. The van der Waals surface area contributed by atoms with Gasteiger partial charge < -0.3 is 10.4 Å². The van der Waals surface area contributed by atoms with Crippen LogP contribution in [0.15, 0.2) is 24.3 Å². The average Bonchev–Trinajstić information content (AvgIpc) is 3.20. The molecule has 4 nitrogen and oxygen atoms in total. The second-order valence-corrected chi connectivity index (χ2v) is 5.98. The predicted molar refractivity (Wildman–Crippen MR) is 76.1 cm³/mol. The molecular formula is C16H20FNO3. The Hall–Kier alpha value is -1.91. The number of nitrogens with one attached hydrogen (secondary N) is 1. The van der Waals surface area contributed by atoms with E-state index in [4.69, 9.17) is 5.11 Å². The maximum absolute atomic E-state index is 12.9. The average molecular weight is 293 g/mol. The lowest BCUT2D eigenvalue weighted by molar-refractivity contribution is -0.140. The van der Waals surface area contributed by atoms with E-state index in [1.165, 1.54) is 12.1 Å². The Balaban J connectivity index is 1.95. The summed E-state index contributed by atoms with van der Waals surface area (Å²) in [4.78, 5) is 22.8. The minimum Gasteiger partial charge on any atom is -0.481 e. The summed E-state index contributed by atoms with van der Waals surface area (Å²) in [6.07, 6.45) is 1.02. The number of benzene rings is 1. The molecule has 114 valence electrons. The van der Waals surface area contributed by atoms with Crippen LogP contribution in [-0.4, -0.2) is 23.0 Å². The predicted octanol–water partition coefficient (Wildman–Crippen LogP) is 2.23. The van der Waals surface area contributed by atoms with Gasteiger partial charge in [0.1, 0.15) is 5.82 Å². The van der Waals surface area contributed by atoms with Crippen LogP contribution in [0.3, 0.4) is 0 Å². The number of rotatable bonds is 6. The maximum atomic E-state index is 12.9. The normalized spacial score (nSPS) is 21.9. The van der Waals surface area contributed by atoms with Crippen LogP contribution in [-0.2, 0) is 16.0 Å². The van der Waals surface area contributed by atoms with Crippen molar-refractivity contribution in [2.45, 2.75) is 32.7 Å². The zero-order valence-electron chi connectivity index (χ0n) is 12.2. The topological polar surface area (TPSA) is 66.4 Å². The first-order valence-electron chi connectivity index (χ1n) is 7.16. The van der Waals surface area contributed by atoms with E-state index in [2.05, 4.69) is 5.32 Å². The fourth-order valence-corrected chi connectivity index (χ4v) is 2.38. The molecule has 2 rings (SSSR count). The molecule has 0 radical (unpaired) electrons. The van der Waals surface area contributed by atoms with Gasteiger partial charge in [0.15, 0.2) is 0 Å². The van der Waals surface area contributed by atoms with Gasteiger partial charge in [-0.1, -0.05) is 26.0 Å². The van der Waals surface area contributed by atoms with Crippen molar-refractivity contribution >= 4 is 11.9 Å². The molecule has 1 aromatic rings. The Bertz CT molecular complexity index is 527. The summed E-state index contributed by atoms with van der Waals surface area (Å²) < 4.78 is 12.9. The van der Waals surface area contributed by atoms with Crippen LogP contribution in [0.25, 0.3) is 0 Å². The van der Waals surface area contributed by atoms with Crippen molar-refractivity contribution in [3.8, 4) is 0 Å². The van der Waals surface area contributed by atoms with Crippen molar-refractivity contribution in [2.75, 3.05) is 0 Å². The summed E-state index contributed by atoms with van der Waals surface area (Å²) in [6, 6.07) is 6.12. The molecule has 3 unspecified atom stereocenters. The second kappa shape index (κ2) is 6.24. The lowest BCUT2D eigenvalue weighted by atomic mass is 9.96. The Morgan fingerprint density at radius 3 is 2.38 bits per heavy atom. The van der Waals surface area contributed by atoms with E-state index in [9.17, 15) is 14.0 Å². The highest BCUT2D eigenvalue weighted by Gasteiger charge is 2.48. The lowest BCUT2D eigenvalue weighted by Gasteiger charge is -2.22. The van der Waals surface area contributed by atoms with Crippen LogP contribution in [0.1, 0.15) is 25.8 Å². The van der Waals surface area contributed by atoms with Crippen LogP contribution in [0.4, 0.5) is 4.39 Å². The molecule has 2 N–H and O–H groups in total. The number of carboxylic acid groups (broad SMARTS) is 1. The molecular weight excluding hydrogens is 273 g/mol. The highest BCUT2D eigenvalue weighted by molar-refractivity contribution is 5.89. The van der Waals surface area contributed by atoms with Gasteiger partial charge in [-0.15, -0.1) is 0 Å². The van der Waals surface area contributed by atoms with E-state index in [0.29, 0.717) is 12.8 Å². The monoisotopic (exact) mass is 293 g/mol. The van der Waals surface area contributed by atoms with Gasteiger partial charge in [-0.3, -0.25) is 9.59 Å². The van der Waals surface area contributed by atoms with E-state index in [0.717, 1.165) is 5.56 Å². The van der Waals surface area contributed by atoms with Crippen molar-refractivity contribution < 1.29 is 19.1 Å². The van der Waals surface area contributed by atoms with Gasteiger partial charge in [0, 0.05) is 6.04 Å². The van der Waals surface area contributed by atoms with E-state index in [1.807, 2.05) is 13.8 Å². The number of carbonyl (C=O) groups is 2. The van der Waals surface area contributed by atoms with Gasteiger partial charge in [0.25, 0.3) is 0 Å². The highest BCUT2D eigenvalue weighted by Crippen LogP contribution is 2.38. The van der Waals surface area contributed by atoms with E-state index >= 15 is 0 Å². The van der Waals surface area contributed by atoms with Crippen LogP contribution in [0.2, 0.25) is 0 Å². The van der Waals surface area contributed by atoms with Crippen molar-refractivity contribution in [1.29, 1.82) is 0 Å². The molecule has 0 aliphatic heterocycles. The second-order valence-electron chi connectivity index (χ2n) is 5.98. The SMILES string of the molecule is CC(C)C(Cc1ccc(F)cc1)NC(=O)C1CC1C(=O)O. The highest BCUT2D eigenvalue weighted by atomic mass is 19.1. The first-order valence-corrected chi connectivity index (χ1v) is 7.16. The molecule has 1 aliphatic rings. The number of halogens is 1. The van der Waals surface area contributed by atoms with Crippen molar-refractivity contribution in [3.05, 3.63) is 35.6 Å². The first-order chi connectivity index (χ1) is 9.88.